The highest BCUT2D eigenvalue weighted by atomic mass is 16.1. The lowest BCUT2D eigenvalue weighted by Crippen LogP contribution is -2.51. The molecule has 0 bridgehead atoms. The van der Waals surface area contributed by atoms with Gasteiger partial charge in [0.15, 0.2) is 0 Å². The van der Waals surface area contributed by atoms with Crippen molar-refractivity contribution in [2.75, 3.05) is 6.54 Å². The van der Waals surface area contributed by atoms with Gasteiger partial charge in [0.2, 0.25) is 5.91 Å². The number of carbonyl (C=O) groups excluding carboxylic acids is 1. The first-order valence-electron chi connectivity index (χ1n) is 5.60. The number of hydrogen-bond acceptors (Lipinski definition) is 2. The number of hydrogen-bond donors (Lipinski definition) is 2. The smallest absolute Gasteiger partial charge is 0.220 e. The maximum Gasteiger partial charge on any atom is 0.220 e. The van der Waals surface area contributed by atoms with Crippen LogP contribution < -0.4 is 11.1 Å². The lowest BCUT2D eigenvalue weighted by Gasteiger charge is -2.30. The Balaban J connectivity index is 2.30. The van der Waals surface area contributed by atoms with E-state index in [9.17, 15) is 4.79 Å². The van der Waals surface area contributed by atoms with Crippen molar-refractivity contribution in [2.45, 2.75) is 51.5 Å². The average Bonchev–Trinajstić information content (AvgIpc) is 2.11. The molecule has 3 nitrogen and oxygen atoms in total. The van der Waals surface area contributed by atoms with Crippen molar-refractivity contribution in [2.24, 2.45) is 11.7 Å². The predicted octanol–water partition coefficient (Wildman–Crippen LogP) is 1.42. The summed E-state index contributed by atoms with van der Waals surface area (Å²) in [5.74, 6) is 0.804. The second-order valence-electron chi connectivity index (χ2n) is 4.67. The molecule has 3 heteroatoms. The normalized spacial score (nSPS) is 21.1. The third-order valence-electron chi connectivity index (χ3n) is 3.37. The van der Waals surface area contributed by atoms with Crippen molar-refractivity contribution >= 4 is 5.91 Å². The van der Waals surface area contributed by atoms with E-state index in [-0.39, 0.29) is 11.4 Å². The molecule has 1 aliphatic carbocycles. The van der Waals surface area contributed by atoms with Crippen LogP contribution in [0.25, 0.3) is 0 Å². The van der Waals surface area contributed by atoms with Gasteiger partial charge in [-0.3, -0.25) is 4.79 Å². The fourth-order valence-corrected chi connectivity index (χ4v) is 1.63. The average molecular weight is 198 g/mol. The second kappa shape index (κ2) is 4.78. The van der Waals surface area contributed by atoms with Gasteiger partial charge in [-0.2, -0.15) is 0 Å². The van der Waals surface area contributed by atoms with E-state index < -0.39 is 0 Å². The van der Waals surface area contributed by atoms with Crippen LogP contribution in [0.15, 0.2) is 0 Å². The van der Waals surface area contributed by atoms with E-state index in [4.69, 9.17) is 5.73 Å². The van der Waals surface area contributed by atoms with Crippen molar-refractivity contribution in [3.63, 3.8) is 0 Å². The van der Waals surface area contributed by atoms with Crippen LogP contribution in [0.2, 0.25) is 0 Å². The summed E-state index contributed by atoms with van der Waals surface area (Å²) in [6, 6.07) is 0. The summed E-state index contributed by atoms with van der Waals surface area (Å²) in [6.45, 7) is 4.57. The van der Waals surface area contributed by atoms with Crippen LogP contribution in [0.1, 0.15) is 46.0 Å². The zero-order chi connectivity index (χ0) is 10.6. The van der Waals surface area contributed by atoms with Crippen molar-refractivity contribution in [3.05, 3.63) is 0 Å². The van der Waals surface area contributed by atoms with Gasteiger partial charge in [-0.1, -0.05) is 13.3 Å². The largest absolute Gasteiger partial charge is 0.350 e. The Morgan fingerprint density at radius 1 is 1.57 bits per heavy atom. The summed E-state index contributed by atoms with van der Waals surface area (Å²) in [4.78, 5) is 11.6. The molecular formula is C11H22N2O. The molecule has 0 aromatic carbocycles. The number of rotatable bonds is 5. The number of nitrogens with one attached hydrogen (secondary N) is 1. The Labute approximate surface area is 86.4 Å². The van der Waals surface area contributed by atoms with Gasteiger partial charge < -0.3 is 11.1 Å². The summed E-state index contributed by atoms with van der Waals surface area (Å²) in [7, 11) is 0. The maximum atomic E-state index is 11.6. The topological polar surface area (TPSA) is 55.1 Å². The molecule has 0 heterocycles. The van der Waals surface area contributed by atoms with Crippen LogP contribution in [0.3, 0.4) is 0 Å². The quantitative estimate of drug-likeness (QED) is 0.702. The molecule has 0 saturated heterocycles. The van der Waals surface area contributed by atoms with Gasteiger partial charge >= 0.3 is 0 Å². The molecule has 0 radical (unpaired) electrons. The van der Waals surface area contributed by atoms with Crippen molar-refractivity contribution in [1.82, 2.24) is 5.32 Å². The Morgan fingerprint density at radius 2 is 2.21 bits per heavy atom. The molecule has 0 aromatic heterocycles. The molecule has 1 rings (SSSR count). The monoisotopic (exact) mass is 198 g/mol. The van der Waals surface area contributed by atoms with Gasteiger partial charge in [0, 0.05) is 18.5 Å². The number of amides is 1. The van der Waals surface area contributed by atoms with E-state index in [1.165, 1.54) is 19.3 Å². The van der Waals surface area contributed by atoms with E-state index >= 15 is 0 Å². The Bertz CT molecular complexity index is 195. The minimum Gasteiger partial charge on any atom is -0.350 e. The third-order valence-corrected chi connectivity index (χ3v) is 3.37. The highest BCUT2D eigenvalue weighted by Gasteiger charge is 2.25. The molecule has 1 aliphatic rings. The van der Waals surface area contributed by atoms with Crippen molar-refractivity contribution in [3.8, 4) is 0 Å². The predicted molar refractivity (Wildman–Crippen MR) is 57.9 cm³/mol. The fourth-order valence-electron chi connectivity index (χ4n) is 1.63. The van der Waals surface area contributed by atoms with E-state index in [0.717, 1.165) is 6.42 Å². The third kappa shape index (κ3) is 2.98. The molecule has 3 N–H and O–H groups in total. The second-order valence-corrected chi connectivity index (χ2v) is 4.67. The van der Waals surface area contributed by atoms with E-state index in [1.54, 1.807) is 0 Å². The lowest BCUT2D eigenvalue weighted by molar-refractivity contribution is -0.124. The highest BCUT2D eigenvalue weighted by molar-refractivity contribution is 5.77. The molecule has 1 fully saturated rings. The number of carbonyl (C=O) groups is 1. The zero-order valence-electron chi connectivity index (χ0n) is 9.31. The van der Waals surface area contributed by atoms with Crippen LogP contribution in [-0.2, 0) is 4.79 Å². The molecule has 0 aromatic rings. The maximum absolute atomic E-state index is 11.6. The Kier molecular flexibility index (Phi) is 3.93. The molecule has 0 aliphatic heterocycles. The van der Waals surface area contributed by atoms with E-state index in [1.807, 2.05) is 6.92 Å². The first-order chi connectivity index (χ1) is 6.59. The molecule has 14 heavy (non-hydrogen) atoms. The van der Waals surface area contributed by atoms with Gasteiger partial charge in [-0.15, -0.1) is 0 Å². The van der Waals surface area contributed by atoms with Crippen LogP contribution in [0.5, 0.6) is 0 Å². The first kappa shape index (κ1) is 11.5. The Morgan fingerprint density at radius 3 is 2.57 bits per heavy atom. The van der Waals surface area contributed by atoms with Crippen molar-refractivity contribution < 1.29 is 4.79 Å². The van der Waals surface area contributed by atoms with Gasteiger partial charge in [-0.25, -0.2) is 0 Å². The van der Waals surface area contributed by atoms with Gasteiger partial charge in [0.1, 0.15) is 0 Å². The van der Waals surface area contributed by atoms with Gasteiger partial charge in [0.05, 0.1) is 0 Å². The zero-order valence-corrected chi connectivity index (χ0v) is 9.31. The van der Waals surface area contributed by atoms with Crippen molar-refractivity contribution in [1.29, 1.82) is 0 Å². The summed E-state index contributed by atoms with van der Waals surface area (Å²) in [5, 5.41) is 3.03. The molecule has 0 spiro atoms. The van der Waals surface area contributed by atoms with E-state index in [0.29, 0.717) is 18.9 Å². The first-order valence-corrected chi connectivity index (χ1v) is 5.60. The molecule has 1 unspecified atom stereocenters. The molecular weight excluding hydrogens is 176 g/mol. The number of nitrogens with two attached hydrogens (primary N) is 1. The minimum atomic E-state index is -0.208. The van der Waals surface area contributed by atoms with E-state index in [2.05, 4.69) is 12.2 Å². The minimum absolute atomic E-state index is 0.171. The lowest BCUT2D eigenvalue weighted by atomic mass is 9.82. The van der Waals surface area contributed by atoms with Crippen LogP contribution in [0, 0.1) is 5.92 Å². The van der Waals surface area contributed by atoms with Gasteiger partial charge in [0.25, 0.3) is 0 Å². The highest BCUT2D eigenvalue weighted by Crippen LogP contribution is 2.29. The summed E-state index contributed by atoms with van der Waals surface area (Å²) in [6.07, 6.45) is 5.31. The summed E-state index contributed by atoms with van der Waals surface area (Å²) in [5.41, 5.74) is 5.42. The Hall–Kier alpha value is -0.570. The summed E-state index contributed by atoms with van der Waals surface area (Å²) >= 11 is 0. The molecule has 82 valence electrons. The fraction of sp³-hybridized carbons (Fsp3) is 0.909. The standard InChI is InChI=1S/C11H22N2O/c1-3-11(2,8-12)13-10(14)7-9-5-4-6-9/h9H,3-8,12H2,1-2H3,(H,13,14). The van der Waals surface area contributed by atoms with Crippen LogP contribution in [0.4, 0.5) is 0 Å². The summed E-state index contributed by atoms with van der Waals surface area (Å²) < 4.78 is 0. The van der Waals surface area contributed by atoms with Crippen LogP contribution >= 0.6 is 0 Å². The molecule has 1 atom stereocenters. The SMILES string of the molecule is CCC(C)(CN)NC(=O)CC1CCC1. The van der Waals surface area contributed by atoms with Crippen LogP contribution in [-0.4, -0.2) is 18.0 Å². The van der Waals surface area contributed by atoms with Gasteiger partial charge in [-0.05, 0) is 32.1 Å². The molecule has 1 amide bonds. The molecule has 1 saturated carbocycles.